The number of aromatic hydroxyl groups is 1. The van der Waals surface area contributed by atoms with Crippen molar-refractivity contribution in [2.45, 2.75) is 33.1 Å². The van der Waals surface area contributed by atoms with Crippen LogP contribution in [0.3, 0.4) is 0 Å². The lowest BCUT2D eigenvalue weighted by atomic mass is 9.89. The molecule has 0 radical (unpaired) electrons. The molecule has 1 aliphatic heterocycles. The molecule has 1 atom stereocenters. The van der Waals surface area contributed by atoms with E-state index in [1.807, 2.05) is 32.0 Å². The molecule has 0 spiro atoms. The first-order chi connectivity index (χ1) is 13.8. The number of benzene rings is 1. The first-order valence-corrected chi connectivity index (χ1v) is 11.8. The molecule has 1 saturated heterocycles. The van der Waals surface area contributed by atoms with Gasteiger partial charge in [-0.15, -0.1) is 33.7 Å². The molecule has 0 saturated carbocycles. The topological polar surface area (TPSA) is 65.5 Å². The highest BCUT2D eigenvalue weighted by molar-refractivity contribution is 14.1. The summed E-state index contributed by atoms with van der Waals surface area (Å²) in [6.07, 6.45) is 2.45. The second-order valence-electron chi connectivity index (χ2n) is 7.59. The number of amides is 1. The maximum Gasteiger partial charge on any atom is 0.295 e. The van der Waals surface area contributed by atoms with E-state index in [-0.39, 0.29) is 11.9 Å². The minimum atomic E-state index is -0.165. The van der Waals surface area contributed by atoms with Crippen LogP contribution in [-0.4, -0.2) is 44.6 Å². The van der Waals surface area contributed by atoms with Crippen LogP contribution in [0.4, 0.5) is 0 Å². The summed E-state index contributed by atoms with van der Waals surface area (Å²) >= 11 is 4.04. The number of aromatic nitrogens is 1. The lowest BCUT2D eigenvalue weighted by Gasteiger charge is -2.36. The molecule has 1 aliphatic rings. The number of phenolic OH excluding ortho intramolecular Hbond substituents is 1. The number of carbonyl (C=O) groups excluding carboxylic acids is 1. The van der Waals surface area contributed by atoms with E-state index in [4.69, 9.17) is 0 Å². The van der Waals surface area contributed by atoms with Gasteiger partial charge in [0.25, 0.3) is 4.70 Å². The monoisotopic (exact) mass is 519 g/mol. The zero-order chi connectivity index (χ0) is 20.7. The number of thiophene rings is 1. The maximum atomic E-state index is 12.5. The van der Waals surface area contributed by atoms with Gasteiger partial charge in [-0.05, 0) is 43.2 Å². The van der Waals surface area contributed by atoms with E-state index in [1.54, 1.807) is 17.5 Å². The lowest BCUT2D eigenvalue weighted by Crippen LogP contribution is -2.58. The van der Waals surface area contributed by atoms with Crippen LogP contribution in [0.2, 0.25) is 6.82 Å². The van der Waals surface area contributed by atoms with E-state index in [2.05, 4.69) is 50.4 Å². The number of phenols is 1. The average Bonchev–Trinajstić information content (AvgIpc) is 3.08. The van der Waals surface area contributed by atoms with Gasteiger partial charge < -0.3 is 15.2 Å². The van der Waals surface area contributed by atoms with Gasteiger partial charge in [-0.1, -0.05) is 12.9 Å². The van der Waals surface area contributed by atoms with Crippen LogP contribution in [0.15, 0.2) is 30.5 Å². The van der Waals surface area contributed by atoms with Gasteiger partial charge in [-0.3, -0.25) is 9.78 Å². The predicted molar refractivity (Wildman–Crippen MR) is 129 cm³/mol. The molecule has 1 aromatic carbocycles. The van der Waals surface area contributed by atoms with E-state index in [1.165, 1.54) is 0 Å². The third-order valence-electron chi connectivity index (χ3n) is 5.42. The molecule has 1 fully saturated rings. The summed E-state index contributed by atoms with van der Waals surface area (Å²) in [5.41, 5.74) is 4.71. The molecular formula is C21H23BIN3O2S. The Hall–Kier alpha value is -1.65. The van der Waals surface area contributed by atoms with Gasteiger partial charge in [0.2, 0.25) is 5.91 Å². The standard InChI is InChI=1S/C21H23BIN3O2S/c1-12-8-13(2)19(27)16(9-12)15-4-5-24-17-10-14(29-20(15)17)11-18-21(28)25-6-7-26(18)22(3)23/h4-5,8-10,18,27H,6-7,11H2,1-3H3,(H,25,28). The number of fused-ring (bicyclic) bond motifs is 1. The van der Waals surface area contributed by atoms with Gasteiger partial charge in [0.1, 0.15) is 5.75 Å². The molecule has 8 heteroatoms. The zero-order valence-electron chi connectivity index (χ0n) is 16.7. The fraction of sp³-hybridized carbons (Fsp3) is 0.333. The van der Waals surface area contributed by atoms with Crippen LogP contribution >= 0.6 is 33.7 Å². The Morgan fingerprint density at radius 3 is 2.90 bits per heavy atom. The Balaban J connectivity index is 1.74. The normalized spacial score (nSPS) is 17.5. The zero-order valence-corrected chi connectivity index (χ0v) is 19.7. The molecule has 0 bridgehead atoms. The highest BCUT2D eigenvalue weighted by Crippen LogP contribution is 2.40. The van der Waals surface area contributed by atoms with Crippen molar-refractivity contribution in [3.05, 3.63) is 46.5 Å². The summed E-state index contributed by atoms with van der Waals surface area (Å²) in [4.78, 5) is 20.5. The van der Waals surface area contributed by atoms with Crippen LogP contribution in [-0.2, 0) is 11.2 Å². The Morgan fingerprint density at radius 2 is 2.14 bits per heavy atom. The van der Waals surface area contributed by atoms with E-state index >= 15 is 0 Å². The van der Waals surface area contributed by atoms with Gasteiger partial charge in [0.05, 0.1) is 16.3 Å². The van der Waals surface area contributed by atoms with Crippen molar-refractivity contribution >= 4 is 54.5 Å². The van der Waals surface area contributed by atoms with Gasteiger partial charge in [-0.25, -0.2) is 0 Å². The SMILES string of the molecule is CB(I)N1CCNC(=O)C1Cc1cc2nccc(-c3cc(C)cc(C)c3O)c2s1. The number of aryl methyl sites for hydroxylation is 2. The first-order valence-electron chi connectivity index (χ1n) is 9.70. The molecule has 0 aliphatic carbocycles. The molecule has 29 heavy (non-hydrogen) atoms. The fourth-order valence-electron chi connectivity index (χ4n) is 4.02. The van der Waals surface area contributed by atoms with Crippen LogP contribution < -0.4 is 5.32 Å². The number of rotatable bonds is 4. The largest absolute Gasteiger partial charge is 0.507 e. The van der Waals surface area contributed by atoms with E-state index in [0.717, 1.165) is 43.9 Å². The fourth-order valence-corrected chi connectivity index (χ4v) is 5.87. The van der Waals surface area contributed by atoms with Gasteiger partial charge in [-0.2, -0.15) is 0 Å². The maximum absolute atomic E-state index is 12.5. The van der Waals surface area contributed by atoms with Crippen molar-refractivity contribution in [3.8, 4) is 16.9 Å². The molecule has 2 aromatic heterocycles. The molecule has 3 aromatic rings. The Morgan fingerprint density at radius 1 is 1.34 bits per heavy atom. The highest BCUT2D eigenvalue weighted by Gasteiger charge is 2.33. The predicted octanol–water partition coefficient (Wildman–Crippen LogP) is 4.18. The average molecular weight is 519 g/mol. The number of carbonyl (C=O) groups is 1. The van der Waals surface area contributed by atoms with Crippen molar-refractivity contribution < 1.29 is 9.90 Å². The first kappa shape index (κ1) is 20.6. The Kier molecular flexibility index (Phi) is 5.86. The summed E-state index contributed by atoms with van der Waals surface area (Å²) in [6.45, 7) is 7.65. The third-order valence-corrected chi connectivity index (χ3v) is 7.32. The number of hydrogen-bond acceptors (Lipinski definition) is 5. The summed E-state index contributed by atoms with van der Waals surface area (Å²) < 4.78 is 1.34. The summed E-state index contributed by atoms with van der Waals surface area (Å²) in [6, 6.07) is 7.88. The van der Waals surface area contributed by atoms with E-state index in [9.17, 15) is 9.90 Å². The second-order valence-corrected chi connectivity index (χ2v) is 10.5. The molecule has 1 unspecified atom stereocenters. The second kappa shape index (κ2) is 8.24. The van der Waals surface area contributed by atoms with Crippen molar-refractivity contribution in [2.24, 2.45) is 0 Å². The summed E-state index contributed by atoms with van der Waals surface area (Å²) in [5, 5.41) is 13.7. The van der Waals surface area contributed by atoms with Gasteiger partial charge in [0, 0.05) is 41.7 Å². The molecule has 150 valence electrons. The van der Waals surface area contributed by atoms with Crippen molar-refractivity contribution in [1.82, 2.24) is 15.1 Å². The van der Waals surface area contributed by atoms with Gasteiger partial charge in [0.15, 0.2) is 0 Å². The number of nitrogens with zero attached hydrogens (tertiary/aromatic N) is 2. The smallest absolute Gasteiger partial charge is 0.295 e. The molecule has 2 N–H and O–H groups in total. The minimum absolute atomic E-state index is 0.0948. The van der Waals surface area contributed by atoms with Crippen molar-refractivity contribution in [2.75, 3.05) is 13.1 Å². The summed E-state index contributed by atoms with van der Waals surface area (Å²) in [7, 11) is 0. The van der Waals surface area contributed by atoms with Crippen LogP contribution in [0.1, 0.15) is 16.0 Å². The van der Waals surface area contributed by atoms with Crippen molar-refractivity contribution in [1.29, 1.82) is 0 Å². The molecule has 3 heterocycles. The number of hydrogen-bond donors (Lipinski definition) is 2. The number of nitrogens with one attached hydrogen (secondary N) is 1. The quantitative estimate of drug-likeness (QED) is 0.401. The molecule has 5 nitrogen and oxygen atoms in total. The van der Waals surface area contributed by atoms with E-state index < -0.39 is 0 Å². The van der Waals surface area contributed by atoms with Crippen LogP contribution in [0.25, 0.3) is 21.3 Å². The lowest BCUT2D eigenvalue weighted by molar-refractivity contribution is -0.126. The van der Waals surface area contributed by atoms with Gasteiger partial charge >= 0.3 is 0 Å². The van der Waals surface area contributed by atoms with Crippen LogP contribution in [0.5, 0.6) is 5.75 Å². The third kappa shape index (κ3) is 4.02. The molecular weight excluding hydrogens is 496 g/mol. The minimum Gasteiger partial charge on any atom is -0.507 e. The summed E-state index contributed by atoms with van der Waals surface area (Å²) in [5.74, 6) is 0.409. The Labute approximate surface area is 188 Å². The number of piperazine rings is 1. The molecule has 1 amide bonds. The number of pyridine rings is 1. The Bertz CT molecular complexity index is 1090. The van der Waals surface area contributed by atoms with Crippen molar-refractivity contribution in [3.63, 3.8) is 0 Å². The van der Waals surface area contributed by atoms with Crippen LogP contribution in [0, 0.1) is 13.8 Å². The van der Waals surface area contributed by atoms with E-state index in [0.29, 0.717) is 23.4 Å². The molecule has 4 rings (SSSR count). The highest BCUT2D eigenvalue weighted by atomic mass is 127. The number of halogens is 1.